The highest BCUT2D eigenvalue weighted by molar-refractivity contribution is 5.81. The molecule has 1 aliphatic rings. The number of nitrogens with zero attached hydrogens (tertiary/aromatic N) is 2. The molecule has 8 heteroatoms. The standard InChI is InChI=1S/C18H18FN3O4/c1-9-12(17(24)26-4)13(10-6-5-7-11(19)8-10)14-15(20-9)21(2)18(25)22(3)16(14)23/h5-8,12-13,20H,1H2,2-4H3. The Balaban J connectivity index is 2.40. The summed E-state index contributed by atoms with van der Waals surface area (Å²) in [5.41, 5.74) is -0.222. The van der Waals surface area contributed by atoms with Crippen molar-refractivity contribution in [1.82, 2.24) is 9.13 Å². The lowest BCUT2D eigenvalue weighted by atomic mass is 9.77. The first-order valence-electron chi connectivity index (χ1n) is 7.87. The minimum Gasteiger partial charge on any atom is -0.468 e. The monoisotopic (exact) mass is 359 g/mol. The number of hydrogen-bond acceptors (Lipinski definition) is 5. The number of anilines is 1. The number of halogens is 1. The van der Waals surface area contributed by atoms with Gasteiger partial charge in [-0.2, -0.15) is 0 Å². The SMILES string of the molecule is C=C1Nc2c(c(=O)n(C)c(=O)n2C)C(c2cccc(F)c2)C1C(=O)OC. The third kappa shape index (κ3) is 2.54. The van der Waals surface area contributed by atoms with Gasteiger partial charge in [0.25, 0.3) is 5.56 Å². The van der Waals surface area contributed by atoms with Crippen LogP contribution in [0.4, 0.5) is 10.2 Å². The zero-order valence-corrected chi connectivity index (χ0v) is 14.6. The van der Waals surface area contributed by atoms with Gasteiger partial charge < -0.3 is 10.1 Å². The maximum atomic E-state index is 13.8. The summed E-state index contributed by atoms with van der Waals surface area (Å²) in [7, 11) is 4.08. The van der Waals surface area contributed by atoms with Gasteiger partial charge in [-0.25, -0.2) is 9.18 Å². The zero-order valence-electron chi connectivity index (χ0n) is 14.6. The van der Waals surface area contributed by atoms with Crippen molar-refractivity contribution < 1.29 is 13.9 Å². The van der Waals surface area contributed by atoms with Crippen LogP contribution in [0.2, 0.25) is 0 Å². The van der Waals surface area contributed by atoms with E-state index in [-0.39, 0.29) is 17.1 Å². The highest BCUT2D eigenvalue weighted by Gasteiger charge is 2.42. The maximum absolute atomic E-state index is 13.8. The third-order valence-electron chi connectivity index (χ3n) is 4.66. The van der Waals surface area contributed by atoms with Crippen LogP contribution in [0, 0.1) is 11.7 Å². The Hall–Kier alpha value is -3.16. The molecule has 1 aromatic carbocycles. The number of rotatable bonds is 2. The molecule has 2 atom stereocenters. The summed E-state index contributed by atoms with van der Waals surface area (Å²) < 4.78 is 20.9. The van der Waals surface area contributed by atoms with Crippen LogP contribution in [0.5, 0.6) is 0 Å². The van der Waals surface area contributed by atoms with Crippen molar-refractivity contribution in [2.75, 3.05) is 12.4 Å². The van der Waals surface area contributed by atoms with Crippen molar-refractivity contribution in [1.29, 1.82) is 0 Å². The van der Waals surface area contributed by atoms with E-state index in [2.05, 4.69) is 11.9 Å². The molecule has 0 fully saturated rings. The van der Waals surface area contributed by atoms with Crippen LogP contribution < -0.4 is 16.6 Å². The smallest absolute Gasteiger partial charge is 0.332 e. The fraction of sp³-hybridized carbons (Fsp3) is 0.278. The molecule has 1 N–H and O–H groups in total. The van der Waals surface area contributed by atoms with E-state index in [4.69, 9.17) is 4.74 Å². The minimum absolute atomic E-state index is 0.183. The van der Waals surface area contributed by atoms with Crippen molar-refractivity contribution in [2.24, 2.45) is 20.0 Å². The van der Waals surface area contributed by atoms with Crippen molar-refractivity contribution >= 4 is 11.8 Å². The second kappa shape index (κ2) is 6.29. The van der Waals surface area contributed by atoms with Crippen LogP contribution in [0.3, 0.4) is 0 Å². The molecule has 26 heavy (non-hydrogen) atoms. The summed E-state index contributed by atoms with van der Waals surface area (Å²) in [6, 6.07) is 5.65. The molecule has 1 aliphatic heterocycles. The van der Waals surface area contributed by atoms with E-state index in [1.54, 1.807) is 6.07 Å². The summed E-state index contributed by atoms with van der Waals surface area (Å²) in [4.78, 5) is 37.5. The minimum atomic E-state index is -0.945. The van der Waals surface area contributed by atoms with Gasteiger partial charge in [-0.05, 0) is 17.7 Å². The molecule has 0 spiro atoms. The number of nitrogens with one attached hydrogen (secondary N) is 1. The van der Waals surface area contributed by atoms with Gasteiger partial charge in [0, 0.05) is 25.7 Å². The fourth-order valence-electron chi connectivity index (χ4n) is 3.36. The Kier molecular flexibility index (Phi) is 4.27. The highest BCUT2D eigenvalue weighted by Crippen LogP contribution is 2.42. The molecular formula is C18H18FN3O4. The summed E-state index contributed by atoms with van der Waals surface area (Å²) >= 11 is 0. The van der Waals surface area contributed by atoms with Crippen LogP contribution in [0.25, 0.3) is 0 Å². The molecule has 1 aromatic heterocycles. The van der Waals surface area contributed by atoms with E-state index in [0.717, 1.165) is 4.57 Å². The van der Waals surface area contributed by atoms with Gasteiger partial charge >= 0.3 is 11.7 Å². The van der Waals surface area contributed by atoms with Crippen molar-refractivity contribution in [2.45, 2.75) is 5.92 Å². The molecule has 0 radical (unpaired) electrons. The van der Waals surface area contributed by atoms with Gasteiger partial charge in [-0.15, -0.1) is 0 Å². The Labute approximate surface area is 148 Å². The first kappa shape index (κ1) is 17.7. The van der Waals surface area contributed by atoms with Gasteiger partial charge in [0.1, 0.15) is 17.6 Å². The molecule has 2 heterocycles. The first-order valence-corrected chi connectivity index (χ1v) is 7.87. The average Bonchev–Trinajstić information content (AvgIpc) is 2.63. The largest absolute Gasteiger partial charge is 0.468 e. The van der Waals surface area contributed by atoms with E-state index in [0.29, 0.717) is 5.56 Å². The molecule has 0 bridgehead atoms. The maximum Gasteiger partial charge on any atom is 0.332 e. The number of ether oxygens (including phenoxy) is 1. The normalized spacial score (nSPS) is 18.8. The van der Waals surface area contributed by atoms with Crippen LogP contribution in [-0.2, 0) is 23.6 Å². The molecule has 0 saturated heterocycles. The van der Waals surface area contributed by atoms with Gasteiger partial charge in [0.2, 0.25) is 0 Å². The number of methoxy groups -OCH3 is 1. The number of hydrogen-bond donors (Lipinski definition) is 1. The quantitative estimate of drug-likeness (QED) is 0.812. The van der Waals surface area contributed by atoms with Crippen molar-refractivity contribution in [3.05, 3.63) is 74.3 Å². The molecule has 2 unspecified atom stereocenters. The second-order valence-electron chi connectivity index (χ2n) is 6.15. The average molecular weight is 359 g/mol. The Morgan fingerprint density at radius 1 is 1.27 bits per heavy atom. The number of fused-ring (bicyclic) bond motifs is 1. The van der Waals surface area contributed by atoms with Gasteiger partial charge in [0.15, 0.2) is 0 Å². The van der Waals surface area contributed by atoms with Crippen molar-refractivity contribution in [3.63, 3.8) is 0 Å². The summed E-state index contributed by atoms with van der Waals surface area (Å²) in [5, 5.41) is 2.88. The Morgan fingerprint density at radius 2 is 1.96 bits per heavy atom. The lowest BCUT2D eigenvalue weighted by Gasteiger charge is -2.35. The van der Waals surface area contributed by atoms with Crippen LogP contribution in [0.15, 0.2) is 46.1 Å². The second-order valence-corrected chi connectivity index (χ2v) is 6.15. The van der Waals surface area contributed by atoms with Crippen molar-refractivity contribution in [3.8, 4) is 0 Å². The van der Waals surface area contributed by atoms with Gasteiger partial charge in [0.05, 0.1) is 12.7 Å². The lowest BCUT2D eigenvalue weighted by molar-refractivity contribution is -0.144. The Bertz CT molecular complexity index is 1040. The fourth-order valence-corrected chi connectivity index (χ4v) is 3.36. The predicted octanol–water partition coefficient (Wildman–Crippen LogP) is 1.08. The predicted molar refractivity (Wildman–Crippen MR) is 93.4 cm³/mol. The van der Waals surface area contributed by atoms with E-state index in [9.17, 15) is 18.8 Å². The number of aromatic nitrogens is 2. The zero-order chi connectivity index (χ0) is 19.2. The summed E-state index contributed by atoms with van der Waals surface area (Å²) in [6.45, 7) is 3.85. The van der Waals surface area contributed by atoms with E-state index < -0.39 is 34.9 Å². The van der Waals surface area contributed by atoms with Gasteiger partial charge in [-0.1, -0.05) is 18.7 Å². The third-order valence-corrected chi connectivity index (χ3v) is 4.66. The summed E-state index contributed by atoms with van der Waals surface area (Å²) in [6.07, 6.45) is 0. The highest BCUT2D eigenvalue weighted by atomic mass is 19.1. The van der Waals surface area contributed by atoms with E-state index in [1.807, 2.05) is 0 Å². The molecule has 0 amide bonds. The molecule has 2 aromatic rings. The lowest BCUT2D eigenvalue weighted by Crippen LogP contribution is -2.46. The summed E-state index contributed by atoms with van der Waals surface area (Å²) in [5.74, 6) is -2.67. The molecule has 0 saturated carbocycles. The van der Waals surface area contributed by atoms with Gasteiger partial charge in [-0.3, -0.25) is 18.7 Å². The number of carbonyl (C=O) groups is 1. The van der Waals surface area contributed by atoms with E-state index >= 15 is 0 Å². The molecule has 3 rings (SSSR count). The number of carbonyl (C=O) groups excluding carboxylic acids is 1. The molecular weight excluding hydrogens is 341 g/mol. The van der Waals surface area contributed by atoms with E-state index in [1.165, 1.54) is 44.0 Å². The topological polar surface area (TPSA) is 82.3 Å². The Morgan fingerprint density at radius 3 is 2.58 bits per heavy atom. The van der Waals surface area contributed by atoms with Crippen LogP contribution in [0.1, 0.15) is 17.0 Å². The molecule has 136 valence electrons. The van der Waals surface area contributed by atoms with Crippen LogP contribution >= 0.6 is 0 Å². The molecule has 7 nitrogen and oxygen atoms in total. The van der Waals surface area contributed by atoms with Crippen LogP contribution in [-0.4, -0.2) is 22.2 Å². The first-order chi connectivity index (χ1) is 12.3. The molecule has 0 aliphatic carbocycles. The number of benzene rings is 1. The number of esters is 1.